The SMILES string of the molecule is O=C(N/N=C\c1ccc(Oc2ccc([N+](=O)[O-])cc2[N+](=O)[O-])c(Br)c1)c1cccc(I)c1. The molecule has 0 saturated heterocycles. The van der Waals surface area contributed by atoms with E-state index in [9.17, 15) is 25.0 Å². The first-order valence-electron chi connectivity index (χ1n) is 8.74. The first kappa shape index (κ1) is 23.3. The molecule has 3 rings (SSSR count). The topological polar surface area (TPSA) is 137 Å². The minimum absolute atomic E-state index is 0.146. The second-order valence-electron chi connectivity index (χ2n) is 6.17. The van der Waals surface area contributed by atoms with Crippen molar-refractivity contribution in [2.24, 2.45) is 5.10 Å². The van der Waals surface area contributed by atoms with Gasteiger partial charge in [-0.2, -0.15) is 5.10 Å². The number of nitrogens with one attached hydrogen (secondary N) is 1. The number of nitro benzene ring substituents is 2. The van der Waals surface area contributed by atoms with Crippen LogP contribution in [0.5, 0.6) is 11.5 Å². The van der Waals surface area contributed by atoms with Crippen molar-refractivity contribution in [1.29, 1.82) is 0 Å². The maximum Gasteiger partial charge on any atom is 0.318 e. The van der Waals surface area contributed by atoms with Crippen LogP contribution in [0.3, 0.4) is 0 Å². The maximum atomic E-state index is 12.1. The standard InChI is InChI=1S/C20H12BrIN4O6/c21-16-8-12(11-23-24-20(27)13-2-1-3-14(22)9-13)4-6-18(16)32-19-7-5-15(25(28)29)10-17(19)26(30)31/h1-11H,(H,24,27)/b23-11-. The number of non-ortho nitro benzene ring substituents is 1. The Kier molecular flexibility index (Phi) is 7.48. The molecule has 12 heteroatoms. The van der Waals surface area contributed by atoms with Gasteiger partial charge in [-0.15, -0.1) is 0 Å². The predicted octanol–water partition coefficient (Wildman–Crippen LogP) is 5.43. The Balaban J connectivity index is 1.73. The summed E-state index contributed by atoms with van der Waals surface area (Å²) in [6.07, 6.45) is 1.43. The van der Waals surface area contributed by atoms with Crippen molar-refractivity contribution in [2.75, 3.05) is 0 Å². The second-order valence-corrected chi connectivity index (χ2v) is 8.27. The molecule has 10 nitrogen and oxygen atoms in total. The Morgan fingerprint density at radius 2 is 1.78 bits per heavy atom. The molecule has 0 saturated carbocycles. The molecule has 0 radical (unpaired) electrons. The van der Waals surface area contributed by atoms with Gasteiger partial charge in [-0.1, -0.05) is 6.07 Å². The normalized spacial score (nSPS) is 10.7. The van der Waals surface area contributed by atoms with Crippen LogP contribution in [0, 0.1) is 23.8 Å². The molecule has 1 amide bonds. The molecule has 0 aliphatic rings. The number of rotatable bonds is 7. The van der Waals surface area contributed by atoms with Crippen LogP contribution in [-0.2, 0) is 0 Å². The van der Waals surface area contributed by atoms with Crippen molar-refractivity contribution in [3.63, 3.8) is 0 Å². The van der Waals surface area contributed by atoms with Gasteiger partial charge in [0, 0.05) is 15.2 Å². The monoisotopic (exact) mass is 610 g/mol. The molecule has 0 fully saturated rings. The van der Waals surface area contributed by atoms with E-state index in [1.807, 2.05) is 6.07 Å². The number of hydrogen-bond acceptors (Lipinski definition) is 7. The maximum absolute atomic E-state index is 12.1. The molecule has 32 heavy (non-hydrogen) atoms. The lowest BCUT2D eigenvalue weighted by Gasteiger charge is -2.08. The van der Waals surface area contributed by atoms with Gasteiger partial charge in [0.15, 0.2) is 0 Å². The van der Waals surface area contributed by atoms with Crippen molar-refractivity contribution in [3.8, 4) is 11.5 Å². The average Bonchev–Trinajstić information content (AvgIpc) is 2.75. The van der Waals surface area contributed by atoms with Gasteiger partial charge in [0.25, 0.3) is 11.6 Å². The number of nitro groups is 2. The summed E-state index contributed by atoms with van der Waals surface area (Å²) in [5.41, 5.74) is 2.58. The molecule has 0 aliphatic heterocycles. The number of ether oxygens (including phenoxy) is 1. The zero-order valence-corrected chi connectivity index (χ0v) is 19.6. The highest BCUT2D eigenvalue weighted by molar-refractivity contribution is 14.1. The first-order valence-corrected chi connectivity index (χ1v) is 10.6. The van der Waals surface area contributed by atoms with Crippen LogP contribution >= 0.6 is 38.5 Å². The summed E-state index contributed by atoms with van der Waals surface area (Å²) in [4.78, 5) is 32.7. The fourth-order valence-corrected chi connectivity index (χ4v) is 3.53. The highest BCUT2D eigenvalue weighted by Gasteiger charge is 2.21. The van der Waals surface area contributed by atoms with Crippen molar-refractivity contribution in [1.82, 2.24) is 5.43 Å². The minimum atomic E-state index is -0.756. The Morgan fingerprint density at radius 1 is 1.03 bits per heavy atom. The van der Waals surface area contributed by atoms with Crippen molar-refractivity contribution in [2.45, 2.75) is 0 Å². The summed E-state index contributed by atoms with van der Waals surface area (Å²) < 4.78 is 6.96. The van der Waals surface area contributed by atoms with Gasteiger partial charge in [0.2, 0.25) is 5.75 Å². The number of hydrazone groups is 1. The Morgan fingerprint density at radius 3 is 2.44 bits per heavy atom. The van der Waals surface area contributed by atoms with E-state index >= 15 is 0 Å². The molecule has 3 aromatic rings. The number of hydrogen-bond donors (Lipinski definition) is 1. The summed E-state index contributed by atoms with van der Waals surface area (Å²) in [6.45, 7) is 0. The molecular weight excluding hydrogens is 599 g/mol. The van der Waals surface area contributed by atoms with Crippen LogP contribution in [0.15, 0.2) is 70.2 Å². The molecule has 0 spiro atoms. The fourth-order valence-electron chi connectivity index (χ4n) is 2.51. The van der Waals surface area contributed by atoms with E-state index in [0.717, 1.165) is 15.7 Å². The van der Waals surface area contributed by atoms with Crippen LogP contribution < -0.4 is 10.2 Å². The van der Waals surface area contributed by atoms with E-state index in [0.29, 0.717) is 15.6 Å². The Hall–Kier alpha value is -3.39. The van der Waals surface area contributed by atoms with Gasteiger partial charge in [-0.25, -0.2) is 5.43 Å². The Bertz CT molecular complexity index is 1250. The van der Waals surface area contributed by atoms with Crippen LogP contribution in [0.4, 0.5) is 11.4 Å². The largest absolute Gasteiger partial charge is 0.449 e. The first-order chi connectivity index (χ1) is 15.2. The molecule has 0 unspecified atom stereocenters. The lowest BCUT2D eigenvalue weighted by atomic mass is 10.2. The fraction of sp³-hybridized carbons (Fsp3) is 0. The van der Waals surface area contributed by atoms with E-state index in [2.05, 4.69) is 49.0 Å². The molecule has 1 N–H and O–H groups in total. The molecule has 162 valence electrons. The summed E-state index contributed by atoms with van der Waals surface area (Å²) in [6, 6.07) is 15.0. The van der Waals surface area contributed by atoms with E-state index in [1.165, 1.54) is 18.3 Å². The van der Waals surface area contributed by atoms with Crippen LogP contribution in [0.1, 0.15) is 15.9 Å². The Labute approximate surface area is 202 Å². The van der Waals surface area contributed by atoms with Crippen LogP contribution in [-0.4, -0.2) is 22.0 Å². The molecule has 0 aliphatic carbocycles. The minimum Gasteiger partial charge on any atom is -0.449 e. The van der Waals surface area contributed by atoms with Crippen molar-refractivity contribution in [3.05, 3.63) is 100 Å². The summed E-state index contributed by atoms with van der Waals surface area (Å²) in [7, 11) is 0. The zero-order valence-electron chi connectivity index (χ0n) is 15.9. The van der Waals surface area contributed by atoms with Crippen LogP contribution in [0.2, 0.25) is 0 Å². The molecule has 0 heterocycles. The number of carbonyl (C=O) groups excluding carboxylic acids is 1. The number of carbonyl (C=O) groups is 1. The van der Waals surface area contributed by atoms with Gasteiger partial charge in [-0.3, -0.25) is 25.0 Å². The third-order valence-electron chi connectivity index (χ3n) is 3.99. The van der Waals surface area contributed by atoms with Gasteiger partial charge in [0.05, 0.1) is 26.6 Å². The summed E-state index contributed by atoms with van der Waals surface area (Å²) >= 11 is 5.42. The smallest absolute Gasteiger partial charge is 0.318 e. The van der Waals surface area contributed by atoms with Gasteiger partial charge >= 0.3 is 5.69 Å². The third kappa shape index (κ3) is 5.85. The van der Waals surface area contributed by atoms with Gasteiger partial charge < -0.3 is 4.74 Å². The van der Waals surface area contributed by atoms with Crippen LogP contribution in [0.25, 0.3) is 0 Å². The van der Waals surface area contributed by atoms with E-state index in [1.54, 1.807) is 30.3 Å². The number of halogens is 2. The quantitative estimate of drug-likeness (QED) is 0.164. The van der Waals surface area contributed by atoms with Gasteiger partial charge in [0.1, 0.15) is 5.75 Å². The average molecular weight is 611 g/mol. The molecular formula is C20H12BrIN4O6. The predicted molar refractivity (Wildman–Crippen MR) is 128 cm³/mol. The summed E-state index contributed by atoms with van der Waals surface area (Å²) in [5.74, 6) is -0.251. The lowest BCUT2D eigenvalue weighted by Crippen LogP contribution is -2.17. The zero-order chi connectivity index (χ0) is 23.3. The third-order valence-corrected chi connectivity index (χ3v) is 5.28. The molecule has 0 atom stereocenters. The van der Waals surface area contributed by atoms with Crippen molar-refractivity contribution >= 4 is 62.0 Å². The number of amides is 1. The summed E-state index contributed by atoms with van der Waals surface area (Å²) in [5, 5.41) is 26.0. The molecule has 0 aromatic heterocycles. The van der Waals surface area contributed by atoms with Gasteiger partial charge in [-0.05, 0) is 86.5 Å². The number of nitrogens with zero attached hydrogens (tertiary/aromatic N) is 3. The highest BCUT2D eigenvalue weighted by Crippen LogP contribution is 2.37. The van der Waals surface area contributed by atoms with E-state index in [4.69, 9.17) is 4.74 Å². The lowest BCUT2D eigenvalue weighted by molar-refractivity contribution is -0.394. The van der Waals surface area contributed by atoms with E-state index < -0.39 is 21.2 Å². The van der Waals surface area contributed by atoms with E-state index in [-0.39, 0.29) is 17.4 Å². The highest BCUT2D eigenvalue weighted by atomic mass is 127. The second kappa shape index (κ2) is 10.3. The van der Waals surface area contributed by atoms with Crippen molar-refractivity contribution < 1.29 is 19.4 Å². The molecule has 0 bridgehead atoms. The molecule has 3 aromatic carbocycles. The number of benzene rings is 3.